The number of rotatable bonds is 4. The number of aromatic amines is 1. The molecule has 1 N–H and O–H groups in total. The van der Waals surface area contributed by atoms with Gasteiger partial charge in [0.25, 0.3) is 0 Å². The van der Waals surface area contributed by atoms with Gasteiger partial charge in [-0.05, 0) is 42.5 Å². The average molecular weight is 415 g/mol. The number of benzene rings is 2. The Morgan fingerprint density at radius 1 is 1.07 bits per heavy atom. The Balaban J connectivity index is 1.65. The number of hydrogen-bond acceptors (Lipinski definition) is 4. The lowest BCUT2D eigenvalue weighted by molar-refractivity contribution is 0.574. The second-order valence-electron chi connectivity index (χ2n) is 5.60. The van der Waals surface area contributed by atoms with Crippen LogP contribution in [0.3, 0.4) is 0 Å². The predicted octanol–water partition coefficient (Wildman–Crippen LogP) is 6.06. The van der Waals surface area contributed by atoms with Crippen LogP contribution in [0, 0.1) is 4.77 Å². The summed E-state index contributed by atoms with van der Waals surface area (Å²) in [6, 6.07) is 18.5. The highest BCUT2D eigenvalue weighted by Gasteiger charge is 2.10. The number of hydrogen-bond donors (Lipinski definition) is 1. The van der Waals surface area contributed by atoms with E-state index in [0.29, 0.717) is 32.2 Å². The topological polar surface area (TPSA) is 59.1 Å². The van der Waals surface area contributed by atoms with Crippen LogP contribution in [-0.4, -0.2) is 21.1 Å². The fraction of sp³-hybridized carbons (Fsp3) is 0. The third-order valence-corrected chi connectivity index (χ3v) is 4.62. The second-order valence-corrected chi connectivity index (χ2v) is 6.83. The van der Waals surface area contributed by atoms with Crippen LogP contribution in [0.5, 0.6) is 0 Å². The highest BCUT2D eigenvalue weighted by Crippen LogP contribution is 2.31. The van der Waals surface area contributed by atoms with E-state index in [-0.39, 0.29) is 0 Å². The van der Waals surface area contributed by atoms with Crippen LogP contribution in [0.1, 0.15) is 5.76 Å². The van der Waals surface area contributed by atoms with Crippen molar-refractivity contribution in [2.45, 2.75) is 0 Å². The van der Waals surface area contributed by atoms with Crippen LogP contribution in [-0.2, 0) is 0 Å². The number of H-pyrrole nitrogens is 1. The predicted molar refractivity (Wildman–Crippen MR) is 110 cm³/mol. The molecule has 0 aliphatic heterocycles. The summed E-state index contributed by atoms with van der Waals surface area (Å²) < 4.78 is 7.75. The molecule has 0 fully saturated rings. The van der Waals surface area contributed by atoms with Crippen molar-refractivity contribution >= 4 is 41.6 Å². The van der Waals surface area contributed by atoms with Gasteiger partial charge in [0.1, 0.15) is 11.5 Å². The molecule has 8 heteroatoms. The van der Waals surface area contributed by atoms with Crippen molar-refractivity contribution in [3.05, 3.63) is 81.2 Å². The smallest absolute Gasteiger partial charge is 0.216 e. The SMILES string of the molecule is S=c1[nH]nc(-c2ccccc2)n1N=Cc1ccc(-c2ccc(Cl)cc2Cl)o1. The molecule has 2 aromatic carbocycles. The summed E-state index contributed by atoms with van der Waals surface area (Å²) >= 11 is 17.4. The van der Waals surface area contributed by atoms with E-state index >= 15 is 0 Å². The molecule has 5 nitrogen and oxygen atoms in total. The van der Waals surface area contributed by atoms with Crippen molar-refractivity contribution in [2.24, 2.45) is 5.10 Å². The Hall–Kier alpha value is -2.67. The lowest BCUT2D eigenvalue weighted by atomic mass is 10.2. The van der Waals surface area contributed by atoms with Crippen molar-refractivity contribution in [3.8, 4) is 22.7 Å². The minimum absolute atomic E-state index is 0.387. The van der Waals surface area contributed by atoms with Gasteiger partial charge in [-0.25, -0.2) is 5.10 Å². The Labute approximate surface area is 169 Å². The van der Waals surface area contributed by atoms with Gasteiger partial charge in [-0.1, -0.05) is 53.5 Å². The van der Waals surface area contributed by atoms with Gasteiger partial charge in [-0.3, -0.25) is 0 Å². The van der Waals surface area contributed by atoms with Gasteiger partial charge < -0.3 is 4.42 Å². The fourth-order valence-electron chi connectivity index (χ4n) is 2.54. The molecule has 0 atom stereocenters. The largest absolute Gasteiger partial charge is 0.455 e. The molecule has 4 rings (SSSR count). The Kier molecular flexibility index (Phi) is 4.94. The van der Waals surface area contributed by atoms with E-state index in [2.05, 4.69) is 15.3 Å². The molecule has 0 amide bonds. The first kappa shape index (κ1) is 17.7. The Morgan fingerprint density at radius 2 is 1.89 bits per heavy atom. The molecule has 4 aromatic rings. The Morgan fingerprint density at radius 3 is 2.67 bits per heavy atom. The Bertz CT molecular complexity index is 1180. The van der Waals surface area contributed by atoms with E-state index in [9.17, 15) is 0 Å². The maximum absolute atomic E-state index is 6.23. The molecule has 2 aromatic heterocycles. The first-order chi connectivity index (χ1) is 13.1. The second kappa shape index (κ2) is 7.52. The number of furan rings is 1. The number of halogens is 2. The van der Waals surface area contributed by atoms with E-state index in [0.717, 1.165) is 11.1 Å². The number of nitrogens with zero attached hydrogens (tertiary/aromatic N) is 3. The van der Waals surface area contributed by atoms with Crippen LogP contribution in [0.2, 0.25) is 10.0 Å². The molecule has 0 aliphatic carbocycles. The molecule has 0 spiro atoms. The molecule has 0 saturated heterocycles. The average Bonchev–Trinajstić information content (AvgIpc) is 3.27. The first-order valence-corrected chi connectivity index (χ1v) is 9.11. The summed E-state index contributed by atoms with van der Waals surface area (Å²) in [6.07, 6.45) is 1.57. The molecule has 27 heavy (non-hydrogen) atoms. The van der Waals surface area contributed by atoms with Gasteiger partial charge in [-0.2, -0.15) is 14.9 Å². The highest BCUT2D eigenvalue weighted by molar-refractivity contribution is 7.71. The zero-order chi connectivity index (χ0) is 18.8. The molecule has 0 unspecified atom stereocenters. The minimum Gasteiger partial charge on any atom is -0.455 e. The molecule has 2 heterocycles. The molecule has 134 valence electrons. The highest BCUT2D eigenvalue weighted by atomic mass is 35.5. The minimum atomic E-state index is 0.387. The zero-order valence-corrected chi connectivity index (χ0v) is 16.1. The zero-order valence-electron chi connectivity index (χ0n) is 13.8. The van der Waals surface area contributed by atoms with Crippen molar-refractivity contribution in [1.82, 2.24) is 14.9 Å². The standard InChI is InChI=1S/C19H12Cl2N4OS/c20-13-6-8-15(16(21)10-13)17-9-7-14(26-17)11-22-25-18(23-24-19(25)27)12-4-2-1-3-5-12/h1-11H,(H,24,27). The van der Waals surface area contributed by atoms with Crippen molar-refractivity contribution in [1.29, 1.82) is 0 Å². The molecule has 0 aliphatic rings. The van der Waals surface area contributed by atoms with Gasteiger partial charge in [0.2, 0.25) is 4.77 Å². The number of aromatic nitrogens is 3. The molecular formula is C19H12Cl2N4OS. The van der Waals surface area contributed by atoms with Crippen LogP contribution < -0.4 is 0 Å². The van der Waals surface area contributed by atoms with Gasteiger partial charge in [-0.15, -0.1) is 0 Å². The van der Waals surface area contributed by atoms with E-state index in [1.165, 1.54) is 0 Å². The quantitative estimate of drug-likeness (QED) is 0.326. The summed E-state index contributed by atoms with van der Waals surface area (Å²) in [7, 11) is 0. The maximum Gasteiger partial charge on any atom is 0.216 e. The summed E-state index contributed by atoms with van der Waals surface area (Å²) in [4.78, 5) is 0. The molecule has 0 saturated carbocycles. The van der Waals surface area contributed by atoms with Crippen LogP contribution in [0.15, 0.2) is 70.2 Å². The third-order valence-electron chi connectivity index (χ3n) is 3.81. The van der Waals surface area contributed by atoms with Crippen molar-refractivity contribution in [3.63, 3.8) is 0 Å². The van der Waals surface area contributed by atoms with Gasteiger partial charge in [0.15, 0.2) is 5.82 Å². The summed E-state index contributed by atoms with van der Waals surface area (Å²) in [5.74, 6) is 1.79. The maximum atomic E-state index is 6.23. The molecular weight excluding hydrogens is 403 g/mol. The van der Waals surface area contributed by atoms with Crippen LogP contribution in [0.25, 0.3) is 22.7 Å². The lowest BCUT2D eigenvalue weighted by Gasteiger charge is -2.01. The first-order valence-electron chi connectivity index (χ1n) is 7.94. The summed E-state index contributed by atoms with van der Waals surface area (Å²) in [5.41, 5.74) is 1.65. The summed E-state index contributed by atoms with van der Waals surface area (Å²) in [6.45, 7) is 0. The van der Waals surface area contributed by atoms with E-state index in [4.69, 9.17) is 39.8 Å². The number of nitrogens with one attached hydrogen (secondary N) is 1. The lowest BCUT2D eigenvalue weighted by Crippen LogP contribution is -1.94. The molecule has 0 radical (unpaired) electrons. The summed E-state index contributed by atoms with van der Waals surface area (Å²) in [5, 5.41) is 12.5. The molecule has 0 bridgehead atoms. The van der Waals surface area contributed by atoms with Crippen molar-refractivity contribution in [2.75, 3.05) is 0 Å². The monoisotopic (exact) mass is 414 g/mol. The van der Waals surface area contributed by atoms with Crippen molar-refractivity contribution < 1.29 is 4.42 Å². The third kappa shape index (κ3) is 3.73. The van der Waals surface area contributed by atoms with E-state index in [1.807, 2.05) is 42.5 Å². The van der Waals surface area contributed by atoms with Crippen LogP contribution in [0.4, 0.5) is 0 Å². The van der Waals surface area contributed by atoms with E-state index in [1.54, 1.807) is 29.1 Å². The van der Waals surface area contributed by atoms with E-state index < -0.39 is 0 Å². The normalized spacial score (nSPS) is 11.3. The van der Waals surface area contributed by atoms with Gasteiger partial charge in [0, 0.05) is 16.1 Å². The van der Waals surface area contributed by atoms with Gasteiger partial charge >= 0.3 is 0 Å². The van der Waals surface area contributed by atoms with Gasteiger partial charge in [0.05, 0.1) is 11.2 Å². The van der Waals surface area contributed by atoms with Crippen LogP contribution >= 0.6 is 35.4 Å². The fourth-order valence-corrected chi connectivity index (χ4v) is 3.22.